The van der Waals surface area contributed by atoms with Crippen LogP contribution in [0.25, 0.3) is 10.6 Å². The molecule has 0 bridgehead atoms. The molecule has 0 atom stereocenters. The summed E-state index contributed by atoms with van der Waals surface area (Å²) in [6, 6.07) is 9.99. The van der Waals surface area contributed by atoms with Crippen LogP contribution in [0.2, 0.25) is 5.15 Å². The van der Waals surface area contributed by atoms with Crippen LogP contribution in [0.4, 0.5) is 0 Å². The van der Waals surface area contributed by atoms with Crippen molar-refractivity contribution in [3.63, 3.8) is 0 Å². The van der Waals surface area contributed by atoms with E-state index in [1.54, 1.807) is 0 Å². The molecule has 1 aromatic heterocycles. The SMILES string of the molecule is Cc1cccc(-c2nc(Cl)c(C#N)s2)c1. The summed E-state index contributed by atoms with van der Waals surface area (Å²) in [7, 11) is 0. The summed E-state index contributed by atoms with van der Waals surface area (Å²) in [4.78, 5) is 4.62. The summed E-state index contributed by atoms with van der Waals surface area (Å²) < 4.78 is 0. The second-order valence-corrected chi connectivity index (χ2v) is 4.48. The van der Waals surface area contributed by atoms with Crippen LogP contribution in [0, 0.1) is 18.3 Å². The lowest BCUT2D eigenvalue weighted by atomic mass is 10.1. The molecule has 2 rings (SSSR count). The van der Waals surface area contributed by atoms with Gasteiger partial charge in [0.05, 0.1) is 0 Å². The first kappa shape index (κ1) is 10.2. The second-order valence-electron chi connectivity index (χ2n) is 3.12. The third-order valence-corrected chi connectivity index (χ3v) is 3.35. The van der Waals surface area contributed by atoms with Crippen LogP contribution >= 0.6 is 22.9 Å². The number of hydrogen-bond acceptors (Lipinski definition) is 3. The van der Waals surface area contributed by atoms with E-state index in [1.165, 1.54) is 11.3 Å². The van der Waals surface area contributed by atoms with Crippen LogP contribution in [0.3, 0.4) is 0 Å². The molecule has 2 nitrogen and oxygen atoms in total. The molecule has 0 amide bonds. The number of thiazole rings is 1. The van der Waals surface area contributed by atoms with Crippen LogP contribution in [-0.4, -0.2) is 4.98 Å². The van der Waals surface area contributed by atoms with E-state index in [2.05, 4.69) is 4.98 Å². The molecule has 4 heteroatoms. The molecule has 1 heterocycles. The van der Waals surface area contributed by atoms with Crippen LogP contribution in [0.5, 0.6) is 0 Å². The molecule has 0 N–H and O–H groups in total. The summed E-state index contributed by atoms with van der Waals surface area (Å²) in [6.45, 7) is 2.02. The van der Waals surface area contributed by atoms with Gasteiger partial charge in [0.25, 0.3) is 0 Å². The summed E-state index contributed by atoms with van der Waals surface area (Å²) in [5, 5.41) is 9.85. The van der Waals surface area contributed by atoms with Crippen molar-refractivity contribution in [2.75, 3.05) is 0 Å². The van der Waals surface area contributed by atoms with Crippen LogP contribution in [0.15, 0.2) is 24.3 Å². The van der Waals surface area contributed by atoms with E-state index in [-0.39, 0.29) is 0 Å². The summed E-state index contributed by atoms with van der Waals surface area (Å²) >= 11 is 7.13. The maximum absolute atomic E-state index is 8.77. The molecular weight excluding hydrogens is 228 g/mol. The molecule has 0 saturated heterocycles. The van der Waals surface area contributed by atoms with Crippen molar-refractivity contribution in [2.45, 2.75) is 6.92 Å². The zero-order valence-electron chi connectivity index (χ0n) is 7.99. The number of nitriles is 1. The normalized spacial score (nSPS) is 9.93. The summed E-state index contributed by atoms with van der Waals surface area (Å²) in [6.07, 6.45) is 0. The highest BCUT2D eigenvalue weighted by molar-refractivity contribution is 7.16. The van der Waals surface area contributed by atoms with Gasteiger partial charge in [-0.3, -0.25) is 0 Å². The maximum Gasteiger partial charge on any atom is 0.158 e. The molecular formula is C11H7ClN2S. The Morgan fingerprint density at radius 2 is 2.27 bits per heavy atom. The van der Waals surface area contributed by atoms with E-state index in [1.807, 2.05) is 37.3 Å². The Morgan fingerprint density at radius 1 is 1.47 bits per heavy atom. The van der Waals surface area contributed by atoms with Gasteiger partial charge in [-0.15, -0.1) is 11.3 Å². The van der Waals surface area contributed by atoms with Gasteiger partial charge in [0.2, 0.25) is 0 Å². The largest absolute Gasteiger partial charge is 0.223 e. The molecule has 0 fully saturated rings. The van der Waals surface area contributed by atoms with E-state index in [4.69, 9.17) is 16.9 Å². The first-order chi connectivity index (χ1) is 7.20. The smallest absolute Gasteiger partial charge is 0.158 e. The number of hydrogen-bond donors (Lipinski definition) is 0. The number of halogens is 1. The standard InChI is InChI=1S/C11H7ClN2S/c1-7-3-2-4-8(5-7)11-14-10(12)9(6-13)15-11/h2-5H,1H3. The highest BCUT2D eigenvalue weighted by Crippen LogP contribution is 2.30. The van der Waals surface area contributed by atoms with Gasteiger partial charge in [0.1, 0.15) is 16.0 Å². The van der Waals surface area contributed by atoms with Gasteiger partial charge in [-0.2, -0.15) is 5.26 Å². The summed E-state index contributed by atoms with van der Waals surface area (Å²) in [5.41, 5.74) is 2.17. The van der Waals surface area contributed by atoms with E-state index in [9.17, 15) is 0 Å². The Balaban J connectivity index is 2.51. The number of nitrogens with zero attached hydrogens (tertiary/aromatic N) is 2. The number of rotatable bonds is 1. The van der Waals surface area contributed by atoms with Gasteiger partial charge >= 0.3 is 0 Å². The van der Waals surface area contributed by atoms with E-state index < -0.39 is 0 Å². The van der Waals surface area contributed by atoms with Crippen molar-refractivity contribution in [3.8, 4) is 16.6 Å². The molecule has 0 unspecified atom stereocenters. The van der Waals surface area contributed by atoms with Gasteiger partial charge < -0.3 is 0 Å². The van der Waals surface area contributed by atoms with Crippen LogP contribution in [-0.2, 0) is 0 Å². The van der Waals surface area contributed by atoms with Gasteiger partial charge in [0.15, 0.2) is 5.15 Å². The zero-order valence-corrected chi connectivity index (χ0v) is 9.56. The molecule has 74 valence electrons. The third-order valence-electron chi connectivity index (χ3n) is 1.95. The van der Waals surface area contributed by atoms with Gasteiger partial charge in [0, 0.05) is 5.56 Å². The van der Waals surface area contributed by atoms with Crippen molar-refractivity contribution in [1.82, 2.24) is 4.98 Å². The molecule has 1 aromatic carbocycles. The van der Waals surface area contributed by atoms with Crippen LogP contribution < -0.4 is 0 Å². The number of aryl methyl sites for hydroxylation is 1. The van der Waals surface area contributed by atoms with Crippen molar-refractivity contribution >= 4 is 22.9 Å². The average molecular weight is 235 g/mol. The highest BCUT2D eigenvalue weighted by atomic mass is 35.5. The van der Waals surface area contributed by atoms with Crippen molar-refractivity contribution in [3.05, 3.63) is 39.9 Å². The zero-order chi connectivity index (χ0) is 10.8. The lowest BCUT2D eigenvalue weighted by molar-refractivity contribution is 1.38. The number of benzene rings is 1. The molecule has 15 heavy (non-hydrogen) atoms. The first-order valence-corrected chi connectivity index (χ1v) is 5.53. The van der Waals surface area contributed by atoms with Crippen LogP contribution in [0.1, 0.15) is 10.4 Å². The van der Waals surface area contributed by atoms with E-state index >= 15 is 0 Å². The molecule has 0 radical (unpaired) electrons. The van der Waals surface area contributed by atoms with Gasteiger partial charge in [-0.1, -0.05) is 35.4 Å². The Hall–Kier alpha value is -1.37. The molecule has 0 aliphatic rings. The highest BCUT2D eigenvalue weighted by Gasteiger charge is 2.09. The third kappa shape index (κ3) is 2.01. The Morgan fingerprint density at radius 3 is 2.87 bits per heavy atom. The van der Waals surface area contributed by atoms with Crippen molar-refractivity contribution in [1.29, 1.82) is 5.26 Å². The average Bonchev–Trinajstić information content (AvgIpc) is 2.60. The molecule has 0 aliphatic carbocycles. The predicted octanol–water partition coefficient (Wildman–Crippen LogP) is 3.64. The van der Waals surface area contributed by atoms with E-state index in [0.29, 0.717) is 10.0 Å². The minimum absolute atomic E-state index is 0.291. The number of aromatic nitrogens is 1. The minimum Gasteiger partial charge on any atom is -0.223 e. The molecule has 0 spiro atoms. The fourth-order valence-corrected chi connectivity index (χ4v) is 2.32. The Kier molecular flexibility index (Phi) is 2.72. The quantitative estimate of drug-likeness (QED) is 0.755. The molecule has 0 aliphatic heterocycles. The molecule has 2 aromatic rings. The van der Waals surface area contributed by atoms with Gasteiger partial charge in [-0.25, -0.2) is 4.98 Å². The van der Waals surface area contributed by atoms with Crippen molar-refractivity contribution < 1.29 is 0 Å². The Bertz CT molecular complexity index is 540. The monoisotopic (exact) mass is 234 g/mol. The molecule has 0 saturated carbocycles. The fraction of sp³-hybridized carbons (Fsp3) is 0.0909. The lowest BCUT2D eigenvalue weighted by Crippen LogP contribution is -1.77. The first-order valence-electron chi connectivity index (χ1n) is 4.34. The Labute approximate surface area is 96.8 Å². The topological polar surface area (TPSA) is 36.7 Å². The maximum atomic E-state index is 8.77. The fourth-order valence-electron chi connectivity index (χ4n) is 1.27. The predicted molar refractivity (Wildman–Crippen MR) is 62.0 cm³/mol. The van der Waals surface area contributed by atoms with Crippen molar-refractivity contribution in [2.24, 2.45) is 0 Å². The lowest BCUT2D eigenvalue weighted by Gasteiger charge is -1.96. The minimum atomic E-state index is 0.291. The van der Waals surface area contributed by atoms with Gasteiger partial charge in [-0.05, 0) is 13.0 Å². The second kappa shape index (κ2) is 4.01. The summed E-state index contributed by atoms with van der Waals surface area (Å²) in [5.74, 6) is 0. The van der Waals surface area contributed by atoms with E-state index in [0.717, 1.165) is 16.1 Å².